The topological polar surface area (TPSA) is 44.6 Å². The van der Waals surface area contributed by atoms with Gasteiger partial charge in [-0.3, -0.25) is 14.7 Å². The van der Waals surface area contributed by atoms with E-state index < -0.39 is 5.82 Å². The Kier molecular flexibility index (Phi) is 6.99. The Morgan fingerprint density at radius 2 is 1.53 bits per heavy atom. The lowest BCUT2D eigenvalue weighted by molar-refractivity contribution is 0.327. The summed E-state index contributed by atoms with van der Waals surface area (Å²) >= 11 is 13.0. The first-order chi connectivity index (χ1) is 18.5. The van der Waals surface area contributed by atoms with Gasteiger partial charge in [-0.2, -0.15) is 0 Å². The second kappa shape index (κ2) is 10.6. The highest BCUT2D eigenvalue weighted by Crippen LogP contribution is 2.37. The van der Waals surface area contributed by atoms with E-state index >= 15 is 4.39 Å². The Bertz CT molecular complexity index is 1510. The van der Waals surface area contributed by atoms with Crippen molar-refractivity contribution in [2.45, 2.75) is 19.4 Å². The molecule has 2 aliphatic heterocycles. The van der Waals surface area contributed by atoms with Crippen LogP contribution in [0.5, 0.6) is 0 Å². The Morgan fingerprint density at radius 3 is 2.21 bits per heavy atom. The van der Waals surface area contributed by atoms with Gasteiger partial charge in [0.25, 0.3) is 0 Å². The molecule has 2 fully saturated rings. The van der Waals surface area contributed by atoms with Crippen LogP contribution in [0.1, 0.15) is 18.5 Å². The summed E-state index contributed by atoms with van der Waals surface area (Å²) < 4.78 is 17.3. The molecular weight excluding hydrogens is 524 g/mol. The number of rotatable bonds is 5. The summed E-state index contributed by atoms with van der Waals surface area (Å²) in [6.07, 6.45) is 5.94. The first kappa shape index (κ1) is 25.2. The summed E-state index contributed by atoms with van der Waals surface area (Å²) in [5.41, 5.74) is 3.39. The summed E-state index contributed by atoms with van der Waals surface area (Å²) in [5.74, 6) is -0.489. The lowest BCUT2D eigenvalue weighted by Gasteiger charge is -2.38. The molecule has 2 aromatic carbocycles. The molecule has 6 nitrogen and oxygen atoms in total. The second-order valence-electron chi connectivity index (χ2n) is 9.91. The van der Waals surface area contributed by atoms with Crippen LogP contribution in [-0.2, 0) is 6.54 Å². The van der Waals surface area contributed by atoms with E-state index in [1.165, 1.54) is 25.0 Å². The number of hydrogen-bond acceptors (Lipinski definition) is 5. The summed E-state index contributed by atoms with van der Waals surface area (Å²) in [5, 5.41) is 1.18. The molecule has 0 spiro atoms. The van der Waals surface area contributed by atoms with Gasteiger partial charge in [0.15, 0.2) is 5.43 Å². The van der Waals surface area contributed by atoms with Gasteiger partial charge in [0.05, 0.1) is 39.2 Å². The van der Waals surface area contributed by atoms with E-state index in [1.54, 1.807) is 12.4 Å². The molecule has 196 valence electrons. The fraction of sp³-hybridized carbons (Fsp3) is 0.310. The standard InChI is InChI=1S/C29H28Cl2FN5O/c30-20-3-6-22(7-4-20)35-13-15-36(16-14-35)29-25(32)17-24-26(38)9-12-37(28(24)27(29)31)23-8-5-21(33-18-23)19-34-10-1-2-11-34/h3-9,12,17-18H,1-2,10-11,13-16,19H2. The molecule has 0 atom stereocenters. The van der Waals surface area contributed by atoms with E-state index in [9.17, 15) is 4.79 Å². The number of anilines is 2. The predicted molar refractivity (Wildman–Crippen MR) is 153 cm³/mol. The summed E-state index contributed by atoms with van der Waals surface area (Å²) in [4.78, 5) is 24.0. The van der Waals surface area contributed by atoms with Crippen molar-refractivity contribution in [2.75, 3.05) is 49.1 Å². The number of halogens is 3. The Labute approximate surface area is 230 Å². The molecule has 0 unspecified atom stereocenters. The molecular formula is C29H28Cl2FN5O. The predicted octanol–water partition coefficient (Wildman–Crippen LogP) is 5.75. The molecule has 0 N–H and O–H groups in total. The summed E-state index contributed by atoms with van der Waals surface area (Å²) in [6.45, 7) is 5.63. The number of nitrogens with zero attached hydrogens (tertiary/aromatic N) is 5. The maximum Gasteiger partial charge on any atom is 0.189 e. The third-order valence-electron chi connectivity index (χ3n) is 7.51. The van der Waals surface area contributed by atoms with E-state index in [1.807, 2.05) is 45.9 Å². The van der Waals surface area contributed by atoms with Crippen LogP contribution >= 0.6 is 23.2 Å². The smallest absolute Gasteiger partial charge is 0.189 e. The van der Waals surface area contributed by atoms with Crippen LogP contribution in [0.15, 0.2) is 65.7 Å². The average molecular weight is 552 g/mol. The molecule has 0 bridgehead atoms. The zero-order chi connectivity index (χ0) is 26.2. The van der Waals surface area contributed by atoms with Crippen LogP contribution in [0, 0.1) is 5.82 Å². The van der Waals surface area contributed by atoms with Gasteiger partial charge in [-0.1, -0.05) is 23.2 Å². The SMILES string of the molecule is O=c1ccn(-c2ccc(CN3CCCC3)nc2)c2c(Cl)c(N3CCN(c4ccc(Cl)cc4)CC3)c(F)cc12. The molecule has 2 saturated heterocycles. The molecule has 0 saturated carbocycles. The van der Waals surface area contributed by atoms with Gasteiger partial charge in [0, 0.05) is 55.7 Å². The highest BCUT2D eigenvalue weighted by Gasteiger charge is 2.25. The van der Waals surface area contributed by atoms with Crippen molar-refractivity contribution in [3.63, 3.8) is 0 Å². The fourth-order valence-corrected chi connectivity index (χ4v) is 6.02. The molecule has 0 radical (unpaired) electrons. The van der Waals surface area contributed by atoms with Crippen LogP contribution in [0.2, 0.25) is 10.0 Å². The zero-order valence-electron chi connectivity index (χ0n) is 20.9. The van der Waals surface area contributed by atoms with Gasteiger partial charge < -0.3 is 14.4 Å². The third kappa shape index (κ3) is 4.86. The highest BCUT2D eigenvalue weighted by atomic mass is 35.5. The molecule has 6 rings (SSSR count). The van der Waals surface area contributed by atoms with Crippen LogP contribution in [0.4, 0.5) is 15.8 Å². The quantitative estimate of drug-likeness (QED) is 0.316. The second-order valence-corrected chi connectivity index (χ2v) is 10.7. The third-order valence-corrected chi connectivity index (χ3v) is 8.12. The van der Waals surface area contributed by atoms with Crippen molar-refractivity contribution in [3.8, 4) is 5.69 Å². The van der Waals surface area contributed by atoms with Gasteiger partial charge in [0.1, 0.15) is 5.82 Å². The van der Waals surface area contributed by atoms with Crippen molar-refractivity contribution < 1.29 is 4.39 Å². The summed E-state index contributed by atoms with van der Waals surface area (Å²) in [7, 11) is 0. The minimum absolute atomic E-state index is 0.235. The molecule has 4 aromatic rings. The lowest BCUT2D eigenvalue weighted by Crippen LogP contribution is -2.47. The number of likely N-dealkylation sites (tertiary alicyclic amines) is 1. The van der Waals surface area contributed by atoms with Gasteiger partial charge in [0.2, 0.25) is 0 Å². The molecule has 0 amide bonds. The lowest BCUT2D eigenvalue weighted by atomic mass is 10.1. The molecule has 0 aliphatic carbocycles. The molecule has 2 aliphatic rings. The van der Waals surface area contributed by atoms with Crippen LogP contribution in [0.25, 0.3) is 16.6 Å². The fourth-order valence-electron chi connectivity index (χ4n) is 5.50. The summed E-state index contributed by atoms with van der Waals surface area (Å²) in [6, 6.07) is 14.5. The Hall–Kier alpha value is -3.13. The van der Waals surface area contributed by atoms with E-state index in [4.69, 9.17) is 23.2 Å². The number of hydrogen-bond donors (Lipinski definition) is 0. The number of pyridine rings is 2. The maximum absolute atomic E-state index is 15.5. The molecule has 38 heavy (non-hydrogen) atoms. The van der Waals surface area contributed by atoms with Crippen molar-refractivity contribution in [1.29, 1.82) is 0 Å². The van der Waals surface area contributed by atoms with Gasteiger partial charge in [-0.25, -0.2) is 4.39 Å². The van der Waals surface area contributed by atoms with Crippen molar-refractivity contribution >= 4 is 45.5 Å². The maximum atomic E-state index is 15.5. The molecule has 2 aromatic heterocycles. The van der Waals surface area contributed by atoms with Crippen molar-refractivity contribution in [3.05, 3.63) is 92.7 Å². The van der Waals surface area contributed by atoms with Crippen LogP contribution in [-0.4, -0.2) is 53.7 Å². The van der Waals surface area contributed by atoms with Gasteiger partial charge >= 0.3 is 0 Å². The first-order valence-corrected chi connectivity index (χ1v) is 13.7. The first-order valence-electron chi connectivity index (χ1n) is 12.9. The zero-order valence-corrected chi connectivity index (χ0v) is 22.4. The number of piperazine rings is 1. The van der Waals surface area contributed by atoms with E-state index in [-0.39, 0.29) is 15.8 Å². The molecule has 4 heterocycles. The normalized spacial score (nSPS) is 16.5. The minimum atomic E-state index is -0.489. The Balaban J connectivity index is 1.32. The van der Waals surface area contributed by atoms with Crippen LogP contribution in [0.3, 0.4) is 0 Å². The molecule has 9 heteroatoms. The van der Waals surface area contributed by atoms with Crippen LogP contribution < -0.4 is 15.2 Å². The van der Waals surface area contributed by atoms with Crippen molar-refractivity contribution in [1.82, 2.24) is 14.5 Å². The monoisotopic (exact) mass is 551 g/mol. The highest BCUT2D eigenvalue weighted by molar-refractivity contribution is 6.38. The van der Waals surface area contributed by atoms with Gasteiger partial charge in [-0.05, 0) is 68.4 Å². The van der Waals surface area contributed by atoms with E-state index in [0.29, 0.717) is 42.4 Å². The number of aromatic nitrogens is 2. The number of benzene rings is 2. The van der Waals surface area contributed by atoms with Gasteiger partial charge in [-0.15, -0.1) is 0 Å². The average Bonchev–Trinajstić information content (AvgIpc) is 3.44. The van der Waals surface area contributed by atoms with Crippen molar-refractivity contribution in [2.24, 2.45) is 0 Å². The van der Waals surface area contributed by atoms with E-state index in [0.717, 1.165) is 36.7 Å². The number of fused-ring (bicyclic) bond motifs is 1. The minimum Gasteiger partial charge on any atom is -0.368 e. The Morgan fingerprint density at radius 1 is 0.842 bits per heavy atom. The largest absolute Gasteiger partial charge is 0.368 e. The van der Waals surface area contributed by atoms with E-state index in [2.05, 4.69) is 14.8 Å².